The molecule has 0 bridgehead atoms. The van der Waals surface area contributed by atoms with E-state index in [0.29, 0.717) is 11.4 Å². The summed E-state index contributed by atoms with van der Waals surface area (Å²) in [4.78, 5) is 24.0. The van der Waals surface area contributed by atoms with Crippen molar-refractivity contribution in [2.24, 2.45) is 0 Å². The summed E-state index contributed by atoms with van der Waals surface area (Å²) in [5, 5.41) is 6.22. The van der Waals surface area contributed by atoms with E-state index in [-0.39, 0.29) is 11.7 Å². The van der Waals surface area contributed by atoms with E-state index in [1.54, 1.807) is 0 Å². The number of rotatable bonds is 5. The zero-order valence-electron chi connectivity index (χ0n) is 13.5. The van der Waals surface area contributed by atoms with Gasteiger partial charge in [-0.25, -0.2) is 0 Å². The largest absolute Gasteiger partial charge is 0.373 e. The fourth-order valence-corrected chi connectivity index (χ4v) is 2.88. The van der Waals surface area contributed by atoms with Gasteiger partial charge in [-0.3, -0.25) is 15.0 Å². The molecule has 0 amide bonds. The van der Waals surface area contributed by atoms with Crippen molar-refractivity contribution in [3.63, 3.8) is 0 Å². The number of nitrogens with one attached hydrogen (secondary N) is 5. The van der Waals surface area contributed by atoms with Crippen molar-refractivity contribution < 1.29 is 0 Å². The Morgan fingerprint density at radius 1 is 0.880 bits per heavy atom. The molecule has 0 spiro atoms. The maximum atomic E-state index is 12.0. The molecular formula is C18H17N5O2. The van der Waals surface area contributed by atoms with Crippen LogP contribution in [-0.4, -0.2) is 0 Å². The molecule has 0 aromatic heterocycles. The van der Waals surface area contributed by atoms with Gasteiger partial charge in [0.2, 0.25) is 0 Å². The third-order valence-electron chi connectivity index (χ3n) is 4.28. The van der Waals surface area contributed by atoms with E-state index in [2.05, 4.69) is 27.0 Å². The van der Waals surface area contributed by atoms with Crippen LogP contribution in [0.15, 0.2) is 58.1 Å². The van der Waals surface area contributed by atoms with Crippen LogP contribution in [0.2, 0.25) is 0 Å². The quantitative estimate of drug-likeness (QED) is 0.457. The van der Waals surface area contributed by atoms with E-state index in [9.17, 15) is 9.59 Å². The Morgan fingerprint density at radius 3 is 2.44 bits per heavy atom. The summed E-state index contributed by atoms with van der Waals surface area (Å²) < 4.78 is 0. The van der Waals surface area contributed by atoms with Gasteiger partial charge in [0.25, 0.3) is 10.9 Å². The number of benzene rings is 2. The van der Waals surface area contributed by atoms with Crippen LogP contribution in [-0.2, 0) is 0 Å². The number of hydrogen-bond acceptors (Lipinski definition) is 7. The Balaban J connectivity index is 1.61. The predicted molar refractivity (Wildman–Crippen MR) is 99.9 cm³/mol. The van der Waals surface area contributed by atoms with Crippen molar-refractivity contribution in [1.82, 2.24) is 5.53 Å². The Labute approximate surface area is 143 Å². The fraction of sp³-hybridized carbons (Fsp3) is 0.111. The molecular weight excluding hydrogens is 318 g/mol. The average Bonchev–Trinajstić information content (AvgIpc) is 3.14. The third-order valence-corrected chi connectivity index (χ3v) is 4.28. The molecule has 25 heavy (non-hydrogen) atoms. The summed E-state index contributed by atoms with van der Waals surface area (Å²) in [6.45, 7) is 1.95. The Kier molecular flexibility index (Phi) is 3.62. The van der Waals surface area contributed by atoms with E-state index in [1.807, 2.05) is 55.5 Å². The normalized spacial score (nSPS) is 13.6. The highest BCUT2D eigenvalue weighted by atomic mass is 16.2. The van der Waals surface area contributed by atoms with Gasteiger partial charge < -0.3 is 16.1 Å². The lowest BCUT2D eigenvalue weighted by atomic mass is 10.1. The van der Waals surface area contributed by atoms with Crippen LogP contribution in [0.1, 0.15) is 18.5 Å². The molecule has 1 atom stereocenters. The van der Waals surface area contributed by atoms with Gasteiger partial charge in [0.05, 0.1) is 17.1 Å². The maximum absolute atomic E-state index is 12.0. The average molecular weight is 335 g/mol. The van der Waals surface area contributed by atoms with Crippen LogP contribution in [0.5, 0.6) is 0 Å². The lowest BCUT2D eigenvalue weighted by Crippen LogP contribution is -2.37. The highest BCUT2D eigenvalue weighted by Gasteiger charge is 2.24. The van der Waals surface area contributed by atoms with Gasteiger partial charge in [-0.2, -0.15) is 0 Å². The van der Waals surface area contributed by atoms with E-state index >= 15 is 0 Å². The van der Waals surface area contributed by atoms with Gasteiger partial charge in [-0.1, -0.05) is 36.4 Å². The molecule has 3 aromatic rings. The second-order valence-corrected chi connectivity index (χ2v) is 5.91. The van der Waals surface area contributed by atoms with Crippen LogP contribution < -0.4 is 37.9 Å². The van der Waals surface area contributed by atoms with Crippen molar-refractivity contribution in [2.45, 2.75) is 13.0 Å². The Bertz CT molecular complexity index is 993. The smallest absolute Gasteiger partial charge is 0.253 e. The predicted octanol–water partition coefficient (Wildman–Crippen LogP) is 2.46. The van der Waals surface area contributed by atoms with E-state index in [0.717, 1.165) is 16.9 Å². The molecule has 5 N–H and O–H groups in total. The lowest BCUT2D eigenvalue weighted by molar-refractivity contribution is 0.880. The van der Waals surface area contributed by atoms with Crippen molar-refractivity contribution in [1.29, 1.82) is 0 Å². The lowest BCUT2D eigenvalue weighted by Gasteiger charge is -2.20. The van der Waals surface area contributed by atoms with Crippen molar-refractivity contribution in [3.05, 3.63) is 74.5 Å². The van der Waals surface area contributed by atoms with Gasteiger partial charge >= 0.3 is 0 Å². The molecule has 1 aliphatic rings. The molecule has 0 aliphatic carbocycles. The number of fused-ring (bicyclic) bond motifs is 1. The summed E-state index contributed by atoms with van der Waals surface area (Å²) in [7, 11) is 0. The topological polar surface area (TPSA) is 94.3 Å². The van der Waals surface area contributed by atoms with Crippen LogP contribution in [0.25, 0.3) is 0 Å². The zero-order chi connectivity index (χ0) is 17.4. The monoisotopic (exact) mass is 335 g/mol. The fourth-order valence-electron chi connectivity index (χ4n) is 2.88. The summed E-state index contributed by atoms with van der Waals surface area (Å²) in [6, 6.07) is 15.3. The van der Waals surface area contributed by atoms with Crippen LogP contribution in [0.3, 0.4) is 0 Å². The van der Waals surface area contributed by atoms with E-state index < -0.39 is 10.9 Å². The second kappa shape index (κ2) is 5.95. The van der Waals surface area contributed by atoms with Gasteiger partial charge in [-0.05, 0) is 24.6 Å². The minimum Gasteiger partial charge on any atom is -0.373 e. The Hall–Kier alpha value is -3.32. The minimum atomic E-state index is -0.515. The first-order valence-electron chi connectivity index (χ1n) is 7.97. The number of anilines is 5. The first-order chi connectivity index (χ1) is 12.1. The maximum Gasteiger partial charge on any atom is 0.253 e. The molecule has 7 heteroatoms. The zero-order valence-corrected chi connectivity index (χ0v) is 13.5. The van der Waals surface area contributed by atoms with Crippen molar-refractivity contribution in [3.8, 4) is 0 Å². The molecule has 126 valence electrons. The van der Waals surface area contributed by atoms with Crippen LogP contribution in [0, 0.1) is 0 Å². The third kappa shape index (κ3) is 2.60. The summed E-state index contributed by atoms with van der Waals surface area (Å²) in [5.41, 5.74) is 11.7. The molecule has 0 fully saturated rings. The van der Waals surface area contributed by atoms with Crippen LogP contribution >= 0.6 is 0 Å². The van der Waals surface area contributed by atoms with E-state index in [1.165, 1.54) is 0 Å². The number of para-hydroxylation sites is 1. The highest BCUT2D eigenvalue weighted by Crippen LogP contribution is 2.35. The number of hydrazine groups is 2. The molecule has 4 rings (SSSR count). The molecule has 1 aliphatic heterocycles. The van der Waals surface area contributed by atoms with Crippen molar-refractivity contribution >= 4 is 28.4 Å². The second-order valence-electron chi connectivity index (χ2n) is 5.91. The Morgan fingerprint density at radius 2 is 1.64 bits per heavy atom. The minimum absolute atomic E-state index is 0.0898. The first kappa shape index (κ1) is 15.2. The highest BCUT2D eigenvalue weighted by molar-refractivity contribution is 5.89. The SMILES string of the molecule is C[C@@H](Nc1c(Nc2cccc3c2NNN3)c(=O)c1=O)c1ccccc1. The number of hydrogen-bond donors (Lipinski definition) is 5. The molecule has 0 saturated carbocycles. The van der Waals surface area contributed by atoms with Gasteiger partial charge in [0.15, 0.2) is 0 Å². The molecule has 0 unspecified atom stereocenters. The van der Waals surface area contributed by atoms with Gasteiger partial charge in [-0.15, -0.1) is 5.53 Å². The van der Waals surface area contributed by atoms with E-state index in [4.69, 9.17) is 0 Å². The molecule has 0 saturated heterocycles. The van der Waals surface area contributed by atoms with Gasteiger partial charge in [0, 0.05) is 6.04 Å². The van der Waals surface area contributed by atoms with Gasteiger partial charge in [0.1, 0.15) is 11.4 Å². The van der Waals surface area contributed by atoms with Crippen LogP contribution in [0.4, 0.5) is 28.4 Å². The summed E-state index contributed by atoms with van der Waals surface area (Å²) >= 11 is 0. The van der Waals surface area contributed by atoms with Crippen molar-refractivity contribution in [2.75, 3.05) is 21.5 Å². The summed E-state index contributed by atoms with van der Waals surface area (Å²) in [6.07, 6.45) is 0. The molecule has 7 nitrogen and oxygen atoms in total. The molecule has 1 heterocycles. The first-order valence-corrected chi connectivity index (χ1v) is 7.97. The standard InChI is InChI=1S/C18H17N5O2/c1-10(11-6-3-2-4-7-11)19-15-16(18(25)17(15)24)20-12-8-5-9-13-14(12)22-23-21-13/h2-10,19-23H,1H3/t10-/m1/s1. The molecule has 0 radical (unpaired) electrons. The summed E-state index contributed by atoms with van der Waals surface area (Å²) in [5.74, 6) is 0. The molecule has 3 aromatic carbocycles.